The predicted molar refractivity (Wildman–Crippen MR) is 73.3 cm³/mol. The van der Waals surface area contributed by atoms with Gasteiger partial charge in [-0.1, -0.05) is 6.42 Å². The van der Waals surface area contributed by atoms with Crippen LogP contribution in [0.2, 0.25) is 0 Å². The van der Waals surface area contributed by atoms with Crippen LogP contribution in [0, 0.1) is 8.80 Å². The maximum Gasteiger partial charge on any atom is 0.308 e. The number of rotatable bonds is 3. The van der Waals surface area contributed by atoms with Gasteiger partial charge in [-0.3, -0.25) is 9.59 Å². The third-order valence-corrected chi connectivity index (χ3v) is 4.77. The van der Waals surface area contributed by atoms with Gasteiger partial charge in [0.25, 0.3) is 5.91 Å². The Morgan fingerprint density at radius 3 is 2.82 bits per heavy atom. The van der Waals surface area contributed by atoms with Crippen LogP contribution in [-0.4, -0.2) is 23.0 Å². The predicted octanol–water partition coefficient (Wildman–Crippen LogP) is 2.34. The number of hydrogen-bond acceptors (Lipinski definition) is 3. The summed E-state index contributed by atoms with van der Waals surface area (Å²) in [5, 5.41) is 13.6. The molecule has 0 saturated heterocycles. The average Bonchev–Trinajstić information content (AvgIpc) is 2.86. The molecule has 1 saturated carbocycles. The summed E-state index contributed by atoms with van der Waals surface area (Å²) in [7, 11) is 0. The molecule has 0 radical (unpaired) electrons. The number of carbonyl (C=O) groups is 2. The molecule has 2 unspecified atom stereocenters. The van der Waals surface area contributed by atoms with Crippen LogP contribution in [0.3, 0.4) is 0 Å². The molecule has 2 N–H and O–H groups in total. The van der Waals surface area contributed by atoms with E-state index in [2.05, 4.69) is 27.9 Å². The van der Waals surface area contributed by atoms with Crippen LogP contribution in [-0.2, 0) is 4.79 Å². The number of aliphatic carboxylic acids is 1. The first-order valence-corrected chi connectivity index (χ1v) is 7.31. The normalized spacial score (nSPS) is 23.6. The van der Waals surface area contributed by atoms with Gasteiger partial charge in [-0.15, -0.1) is 11.3 Å². The molecule has 2 rings (SSSR count). The molecule has 6 heteroatoms. The highest BCUT2D eigenvalue weighted by molar-refractivity contribution is 14.1. The van der Waals surface area contributed by atoms with Gasteiger partial charge < -0.3 is 10.4 Å². The minimum absolute atomic E-state index is 0.165. The Bertz CT molecular complexity index is 446. The highest BCUT2D eigenvalue weighted by Gasteiger charge is 2.34. The van der Waals surface area contributed by atoms with Gasteiger partial charge in [0.15, 0.2) is 0 Å². The monoisotopic (exact) mass is 365 g/mol. The second-order valence-electron chi connectivity index (χ2n) is 4.10. The Balaban J connectivity index is 2.01. The van der Waals surface area contributed by atoms with E-state index in [0.717, 1.165) is 15.7 Å². The lowest BCUT2D eigenvalue weighted by atomic mass is 10.0. The van der Waals surface area contributed by atoms with Crippen molar-refractivity contribution in [3.8, 4) is 0 Å². The third-order valence-electron chi connectivity index (χ3n) is 2.98. The molecule has 92 valence electrons. The molecule has 17 heavy (non-hydrogen) atoms. The lowest BCUT2D eigenvalue weighted by molar-refractivity contribution is -0.142. The van der Waals surface area contributed by atoms with E-state index in [-0.39, 0.29) is 11.9 Å². The van der Waals surface area contributed by atoms with Crippen molar-refractivity contribution in [2.24, 2.45) is 5.92 Å². The van der Waals surface area contributed by atoms with E-state index in [4.69, 9.17) is 5.11 Å². The van der Waals surface area contributed by atoms with E-state index in [9.17, 15) is 9.59 Å². The zero-order valence-electron chi connectivity index (χ0n) is 8.98. The van der Waals surface area contributed by atoms with Gasteiger partial charge >= 0.3 is 5.97 Å². The molecule has 0 spiro atoms. The van der Waals surface area contributed by atoms with E-state index in [0.29, 0.717) is 12.0 Å². The average molecular weight is 365 g/mol. The van der Waals surface area contributed by atoms with Crippen molar-refractivity contribution in [3.63, 3.8) is 0 Å². The van der Waals surface area contributed by atoms with E-state index < -0.39 is 11.9 Å². The molecule has 0 bridgehead atoms. The number of thiophene rings is 1. The van der Waals surface area contributed by atoms with Gasteiger partial charge in [-0.05, 0) is 41.5 Å². The SMILES string of the molecule is O=C(NC1CCCC1C(=O)O)c1csc(I)c1. The number of carbonyl (C=O) groups excluding carboxylic acids is 1. The van der Waals surface area contributed by atoms with Crippen LogP contribution in [0.25, 0.3) is 0 Å². The van der Waals surface area contributed by atoms with Gasteiger partial charge in [-0.25, -0.2) is 0 Å². The van der Waals surface area contributed by atoms with E-state index in [1.165, 1.54) is 11.3 Å². The lowest BCUT2D eigenvalue weighted by Gasteiger charge is -2.16. The fourth-order valence-electron chi connectivity index (χ4n) is 2.11. The summed E-state index contributed by atoms with van der Waals surface area (Å²) >= 11 is 3.66. The summed E-state index contributed by atoms with van der Waals surface area (Å²) in [4.78, 5) is 22.9. The first-order valence-electron chi connectivity index (χ1n) is 5.35. The van der Waals surface area contributed by atoms with Crippen LogP contribution in [0.15, 0.2) is 11.4 Å². The second kappa shape index (κ2) is 5.34. The van der Waals surface area contributed by atoms with Gasteiger partial charge in [-0.2, -0.15) is 0 Å². The highest BCUT2D eigenvalue weighted by Crippen LogP contribution is 2.26. The van der Waals surface area contributed by atoms with Gasteiger partial charge in [0.05, 0.1) is 14.4 Å². The Hall–Kier alpha value is -0.630. The number of amides is 1. The summed E-state index contributed by atoms with van der Waals surface area (Å²) in [5.74, 6) is -1.41. The first-order chi connectivity index (χ1) is 8.08. The fraction of sp³-hybridized carbons (Fsp3) is 0.455. The largest absolute Gasteiger partial charge is 0.481 e. The number of nitrogens with one attached hydrogen (secondary N) is 1. The van der Waals surface area contributed by atoms with Gasteiger partial charge in [0.1, 0.15) is 0 Å². The number of carboxylic acids is 1. The molecule has 1 heterocycles. The molecule has 0 aliphatic heterocycles. The quantitative estimate of drug-likeness (QED) is 0.809. The molecular formula is C11H12INO3S. The molecule has 2 atom stereocenters. The maximum absolute atomic E-state index is 11.9. The van der Waals surface area contributed by atoms with Crippen molar-refractivity contribution >= 4 is 45.8 Å². The molecule has 1 aliphatic rings. The topological polar surface area (TPSA) is 66.4 Å². The van der Waals surface area contributed by atoms with Crippen molar-refractivity contribution in [2.45, 2.75) is 25.3 Å². The molecule has 1 aromatic heterocycles. The zero-order valence-corrected chi connectivity index (χ0v) is 12.0. The number of carboxylic acid groups (broad SMARTS) is 1. The molecule has 1 aliphatic carbocycles. The summed E-state index contributed by atoms with van der Waals surface area (Å²) in [5.41, 5.74) is 0.621. The van der Waals surface area contributed by atoms with Crippen molar-refractivity contribution in [1.82, 2.24) is 5.32 Å². The van der Waals surface area contributed by atoms with Gasteiger partial charge in [0.2, 0.25) is 0 Å². The Morgan fingerprint density at radius 2 is 2.24 bits per heavy atom. The van der Waals surface area contributed by atoms with Gasteiger partial charge in [0, 0.05) is 11.4 Å². The zero-order chi connectivity index (χ0) is 12.4. The lowest BCUT2D eigenvalue weighted by Crippen LogP contribution is -2.40. The molecule has 1 aromatic rings. The Morgan fingerprint density at radius 1 is 1.47 bits per heavy atom. The summed E-state index contributed by atoms with van der Waals surface area (Å²) in [6.07, 6.45) is 2.27. The fourth-order valence-corrected chi connectivity index (χ4v) is 3.44. The third kappa shape index (κ3) is 2.98. The van der Waals surface area contributed by atoms with Crippen LogP contribution in [0.4, 0.5) is 0 Å². The van der Waals surface area contributed by atoms with E-state index in [1.807, 2.05) is 6.07 Å². The molecular weight excluding hydrogens is 353 g/mol. The maximum atomic E-state index is 11.9. The minimum Gasteiger partial charge on any atom is -0.481 e. The van der Waals surface area contributed by atoms with Crippen LogP contribution < -0.4 is 5.32 Å². The van der Waals surface area contributed by atoms with Crippen molar-refractivity contribution in [2.75, 3.05) is 0 Å². The number of hydrogen-bond donors (Lipinski definition) is 2. The van der Waals surface area contributed by atoms with E-state index in [1.54, 1.807) is 5.38 Å². The van der Waals surface area contributed by atoms with Crippen molar-refractivity contribution in [3.05, 3.63) is 19.9 Å². The smallest absolute Gasteiger partial charge is 0.308 e. The number of halogens is 1. The molecule has 1 amide bonds. The molecule has 0 aromatic carbocycles. The summed E-state index contributed by atoms with van der Waals surface area (Å²) in [6.45, 7) is 0. The van der Waals surface area contributed by atoms with Crippen LogP contribution in [0.5, 0.6) is 0 Å². The Kier molecular flexibility index (Phi) is 4.03. The first kappa shape index (κ1) is 12.8. The van der Waals surface area contributed by atoms with Crippen molar-refractivity contribution < 1.29 is 14.7 Å². The molecule has 1 fully saturated rings. The second-order valence-corrected chi connectivity index (χ2v) is 6.90. The molecule has 4 nitrogen and oxygen atoms in total. The Labute approximate surface area is 117 Å². The standard InChI is InChI=1S/C11H12INO3S/c12-9-4-6(5-17-9)10(14)13-8-3-1-2-7(8)11(15)16/h4-5,7-8H,1-3H2,(H,13,14)(H,15,16). The van der Waals surface area contributed by atoms with Crippen LogP contribution in [0.1, 0.15) is 29.6 Å². The van der Waals surface area contributed by atoms with Crippen LogP contribution >= 0.6 is 33.9 Å². The summed E-state index contributed by atoms with van der Waals surface area (Å²) in [6, 6.07) is 1.59. The highest BCUT2D eigenvalue weighted by atomic mass is 127. The van der Waals surface area contributed by atoms with Crippen molar-refractivity contribution in [1.29, 1.82) is 0 Å². The minimum atomic E-state index is -0.812. The summed E-state index contributed by atoms with van der Waals surface area (Å²) < 4.78 is 1.05. The van der Waals surface area contributed by atoms with E-state index >= 15 is 0 Å².